The van der Waals surface area contributed by atoms with Crippen LogP contribution in [0.15, 0.2) is 53.7 Å². The van der Waals surface area contributed by atoms with Gasteiger partial charge in [-0.15, -0.1) is 0 Å². The van der Waals surface area contributed by atoms with Crippen molar-refractivity contribution in [3.63, 3.8) is 0 Å². The fraction of sp³-hybridized carbons (Fsp3) is 0.250. The van der Waals surface area contributed by atoms with E-state index in [0.717, 1.165) is 5.56 Å². The average molecular weight is 384 g/mol. The Morgan fingerprint density at radius 2 is 1.82 bits per heavy atom. The second-order valence-corrected chi connectivity index (χ2v) is 5.97. The molecule has 0 radical (unpaired) electrons. The molecule has 2 aromatic carbocycles. The third kappa shape index (κ3) is 4.79. The SMILES string of the molecule is C/C(=N/OCC(=O)OCC(=O)N(C)c1ccccc1)c1ccc2c(c1)OCO2. The van der Waals surface area contributed by atoms with E-state index in [2.05, 4.69) is 5.16 Å². The van der Waals surface area contributed by atoms with Gasteiger partial charge < -0.3 is 23.9 Å². The Bertz CT molecular complexity index is 882. The van der Waals surface area contributed by atoms with Crippen molar-refractivity contribution in [1.82, 2.24) is 0 Å². The van der Waals surface area contributed by atoms with E-state index >= 15 is 0 Å². The van der Waals surface area contributed by atoms with Crippen LogP contribution in [0.2, 0.25) is 0 Å². The van der Waals surface area contributed by atoms with E-state index in [1.165, 1.54) is 4.90 Å². The molecule has 0 N–H and O–H groups in total. The lowest BCUT2D eigenvalue weighted by atomic mass is 10.1. The number of amides is 1. The third-order valence-electron chi connectivity index (χ3n) is 4.05. The van der Waals surface area contributed by atoms with Crippen molar-refractivity contribution in [2.24, 2.45) is 5.16 Å². The number of carbonyl (C=O) groups is 2. The number of benzene rings is 2. The number of esters is 1. The molecule has 0 spiro atoms. The number of hydrogen-bond donors (Lipinski definition) is 0. The van der Waals surface area contributed by atoms with Crippen LogP contribution in [0.5, 0.6) is 11.5 Å². The van der Waals surface area contributed by atoms with Crippen molar-refractivity contribution in [3.05, 3.63) is 54.1 Å². The zero-order valence-electron chi connectivity index (χ0n) is 15.6. The number of para-hydroxylation sites is 1. The van der Waals surface area contributed by atoms with Gasteiger partial charge in [0, 0.05) is 18.3 Å². The topological polar surface area (TPSA) is 86.7 Å². The van der Waals surface area contributed by atoms with Crippen LogP contribution in [0.25, 0.3) is 0 Å². The molecule has 28 heavy (non-hydrogen) atoms. The van der Waals surface area contributed by atoms with E-state index in [1.807, 2.05) is 24.3 Å². The van der Waals surface area contributed by atoms with Gasteiger partial charge in [0.15, 0.2) is 18.1 Å². The highest BCUT2D eigenvalue weighted by molar-refractivity contribution is 5.99. The summed E-state index contributed by atoms with van der Waals surface area (Å²) in [5.41, 5.74) is 2.05. The highest BCUT2D eigenvalue weighted by atomic mass is 16.7. The standard InChI is InChI=1S/C20H20N2O6/c1-14(15-8-9-17-18(10-15)27-13-26-17)21-28-12-20(24)25-11-19(23)22(2)16-6-4-3-5-7-16/h3-10H,11-13H2,1-2H3/b21-14-. The molecule has 0 unspecified atom stereocenters. The molecule has 1 amide bonds. The van der Waals surface area contributed by atoms with Gasteiger partial charge in [0.2, 0.25) is 13.4 Å². The lowest BCUT2D eigenvalue weighted by Crippen LogP contribution is -2.31. The van der Waals surface area contributed by atoms with E-state index in [0.29, 0.717) is 22.9 Å². The Morgan fingerprint density at radius 3 is 2.61 bits per heavy atom. The average Bonchev–Trinajstić information content (AvgIpc) is 3.19. The first-order chi connectivity index (χ1) is 13.5. The van der Waals surface area contributed by atoms with Crippen molar-refractivity contribution in [1.29, 1.82) is 0 Å². The minimum absolute atomic E-state index is 0.190. The maximum atomic E-state index is 12.1. The van der Waals surface area contributed by atoms with Crippen molar-refractivity contribution in [2.45, 2.75) is 6.92 Å². The van der Waals surface area contributed by atoms with Crippen LogP contribution in [-0.4, -0.2) is 44.6 Å². The predicted octanol–water partition coefficient (Wildman–Crippen LogP) is 2.36. The number of anilines is 1. The Hall–Kier alpha value is -3.55. The molecule has 8 heteroatoms. The Balaban J connectivity index is 1.44. The second-order valence-electron chi connectivity index (χ2n) is 5.97. The molecule has 0 bridgehead atoms. The second kappa shape index (κ2) is 8.90. The summed E-state index contributed by atoms with van der Waals surface area (Å²) in [6.07, 6.45) is 0. The minimum atomic E-state index is -0.683. The molecule has 3 rings (SSSR count). The molecule has 146 valence electrons. The molecule has 2 aromatic rings. The van der Waals surface area contributed by atoms with Gasteiger partial charge in [0.1, 0.15) is 0 Å². The third-order valence-corrected chi connectivity index (χ3v) is 4.05. The van der Waals surface area contributed by atoms with Crippen LogP contribution in [0.4, 0.5) is 5.69 Å². The van der Waals surface area contributed by atoms with E-state index in [4.69, 9.17) is 19.0 Å². The van der Waals surface area contributed by atoms with Crippen molar-refractivity contribution in [2.75, 3.05) is 32.0 Å². The van der Waals surface area contributed by atoms with Gasteiger partial charge in [-0.25, -0.2) is 4.79 Å². The Morgan fingerprint density at radius 1 is 1.07 bits per heavy atom. The molecule has 1 aliphatic heterocycles. The number of hydrogen-bond acceptors (Lipinski definition) is 7. The summed E-state index contributed by atoms with van der Waals surface area (Å²) >= 11 is 0. The van der Waals surface area contributed by atoms with E-state index in [-0.39, 0.29) is 19.3 Å². The van der Waals surface area contributed by atoms with E-state index < -0.39 is 12.6 Å². The highest BCUT2D eigenvalue weighted by Gasteiger charge is 2.15. The molecule has 0 fully saturated rings. The summed E-state index contributed by atoms with van der Waals surface area (Å²) in [6.45, 7) is 1.15. The van der Waals surface area contributed by atoms with Gasteiger partial charge in [-0.05, 0) is 37.3 Å². The highest BCUT2D eigenvalue weighted by Crippen LogP contribution is 2.32. The summed E-state index contributed by atoms with van der Waals surface area (Å²) < 4.78 is 15.5. The molecule has 8 nitrogen and oxygen atoms in total. The fourth-order valence-corrected chi connectivity index (χ4v) is 2.43. The summed E-state index contributed by atoms with van der Waals surface area (Å²) in [5, 5.41) is 3.89. The maximum absolute atomic E-state index is 12.1. The van der Waals surface area contributed by atoms with Crippen LogP contribution in [0.1, 0.15) is 12.5 Å². The van der Waals surface area contributed by atoms with E-state index in [1.54, 1.807) is 38.2 Å². The molecular weight excluding hydrogens is 364 g/mol. The molecule has 1 heterocycles. The zero-order valence-corrected chi connectivity index (χ0v) is 15.6. The molecule has 0 saturated carbocycles. The molecule has 0 aliphatic carbocycles. The minimum Gasteiger partial charge on any atom is -0.454 e. The van der Waals surface area contributed by atoms with Gasteiger partial charge in [-0.1, -0.05) is 23.4 Å². The smallest absolute Gasteiger partial charge is 0.347 e. The van der Waals surface area contributed by atoms with Gasteiger partial charge in [0.25, 0.3) is 5.91 Å². The summed E-state index contributed by atoms with van der Waals surface area (Å²) in [6, 6.07) is 14.4. The van der Waals surface area contributed by atoms with Crippen molar-refractivity contribution < 1.29 is 28.6 Å². The lowest BCUT2D eigenvalue weighted by molar-refractivity contribution is -0.152. The van der Waals surface area contributed by atoms with Crippen LogP contribution in [0, 0.1) is 0 Å². The Kier molecular flexibility index (Phi) is 6.11. The zero-order chi connectivity index (χ0) is 19.9. The van der Waals surface area contributed by atoms with Gasteiger partial charge in [-0.2, -0.15) is 0 Å². The fourth-order valence-electron chi connectivity index (χ4n) is 2.43. The number of nitrogens with zero attached hydrogens (tertiary/aromatic N) is 2. The first-order valence-electron chi connectivity index (χ1n) is 8.58. The van der Waals surface area contributed by atoms with Crippen LogP contribution in [-0.2, 0) is 19.2 Å². The number of rotatable bonds is 7. The van der Waals surface area contributed by atoms with Gasteiger partial charge >= 0.3 is 5.97 Å². The van der Waals surface area contributed by atoms with Gasteiger partial charge in [-0.3, -0.25) is 4.79 Å². The Labute approximate surface area is 162 Å². The number of carbonyl (C=O) groups excluding carboxylic acids is 2. The summed E-state index contributed by atoms with van der Waals surface area (Å²) in [7, 11) is 1.61. The largest absolute Gasteiger partial charge is 0.454 e. The molecule has 0 saturated heterocycles. The number of oxime groups is 1. The van der Waals surface area contributed by atoms with Crippen molar-refractivity contribution in [3.8, 4) is 11.5 Å². The van der Waals surface area contributed by atoms with Crippen LogP contribution < -0.4 is 14.4 Å². The summed E-state index contributed by atoms with van der Waals surface area (Å²) in [4.78, 5) is 30.3. The van der Waals surface area contributed by atoms with Crippen LogP contribution in [0.3, 0.4) is 0 Å². The maximum Gasteiger partial charge on any atom is 0.347 e. The normalized spacial score (nSPS) is 12.4. The molecule has 0 atom stereocenters. The predicted molar refractivity (Wildman–Crippen MR) is 102 cm³/mol. The number of fused-ring (bicyclic) bond motifs is 1. The van der Waals surface area contributed by atoms with E-state index in [9.17, 15) is 9.59 Å². The van der Waals surface area contributed by atoms with Crippen LogP contribution >= 0.6 is 0 Å². The summed E-state index contributed by atoms with van der Waals surface area (Å²) in [5.74, 6) is 0.273. The molecule has 0 aromatic heterocycles. The quantitative estimate of drug-likeness (QED) is 0.414. The number of ether oxygens (including phenoxy) is 3. The molecular formula is C20H20N2O6. The monoisotopic (exact) mass is 384 g/mol. The lowest BCUT2D eigenvalue weighted by Gasteiger charge is -2.16. The first kappa shape index (κ1) is 19.2. The number of likely N-dealkylation sites (N-methyl/N-ethyl adjacent to an activating group) is 1. The van der Waals surface area contributed by atoms with Crippen molar-refractivity contribution >= 4 is 23.3 Å². The van der Waals surface area contributed by atoms with Gasteiger partial charge in [0.05, 0.1) is 5.71 Å². The first-order valence-corrected chi connectivity index (χ1v) is 8.58. The molecule has 1 aliphatic rings.